The molecule has 0 aliphatic carbocycles. The lowest BCUT2D eigenvalue weighted by molar-refractivity contribution is -0.138. The van der Waals surface area contributed by atoms with E-state index in [4.69, 9.17) is 5.11 Å². The monoisotopic (exact) mass is 188 g/mol. The van der Waals surface area contributed by atoms with Gasteiger partial charge in [-0.3, -0.25) is 4.79 Å². The van der Waals surface area contributed by atoms with Gasteiger partial charge in [0.2, 0.25) is 0 Å². The first kappa shape index (κ1) is 14.7. The van der Waals surface area contributed by atoms with E-state index in [1.165, 1.54) is 13.3 Å². The highest BCUT2D eigenvalue weighted by atomic mass is 16.4. The molecule has 0 aromatic rings. The molecule has 0 aromatic heterocycles. The normalized spacial score (nSPS) is 11.1. The Hall–Kier alpha value is -0.860. The molecule has 78 valence electrons. The second-order valence-corrected chi connectivity index (χ2v) is 3.32. The Morgan fingerprint density at radius 3 is 1.85 bits per heavy atom. The van der Waals surface area contributed by atoms with Crippen molar-refractivity contribution in [1.29, 1.82) is 0 Å². The molecule has 0 aromatic carbocycles. The first-order chi connectivity index (χ1) is 5.93. The van der Waals surface area contributed by atoms with Crippen molar-refractivity contribution in [1.82, 2.24) is 0 Å². The summed E-state index contributed by atoms with van der Waals surface area (Å²) in [5, 5.41) is 8.29. The molecule has 1 N–H and O–H groups in total. The van der Waals surface area contributed by atoms with Crippen molar-refractivity contribution >= 4 is 11.8 Å². The highest BCUT2D eigenvalue weighted by molar-refractivity contribution is 5.76. The van der Waals surface area contributed by atoms with E-state index in [0.29, 0.717) is 6.42 Å². The molecule has 0 heterocycles. The number of carbonyl (C=O) groups is 2. The Balaban J connectivity index is 0. The van der Waals surface area contributed by atoms with E-state index in [1.807, 2.05) is 0 Å². The Labute approximate surface area is 80.1 Å². The molecule has 0 aliphatic rings. The quantitative estimate of drug-likeness (QED) is 0.737. The van der Waals surface area contributed by atoms with Gasteiger partial charge in [-0.1, -0.05) is 27.2 Å². The molecule has 0 unspecified atom stereocenters. The van der Waals surface area contributed by atoms with Gasteiger partial charge in [-0.25, -0.2) is 0 Å². The van der Waals surface area contributed by atoms with Crippen LogP contribution in [0.15, 0.2) is 0 Å². The van der Waals surface area contributed by atoms with E-state index in [-0.39, 0.29) is 18.1 Å². The zero-order valence-corrected chi connectivity index (χ0v) is 8.96. The van der Waals surface area contributed by atoms with Crippen LogP contribution in [0.25, 0.3) is 0 Å². The van der Waals surface area contributed by atoms with Crippen LogP contribution in [0.5, 0.6) is 0 Å². The standard InChI is InChI=1S/C7H12O3.C3H8/c1-5(3-6(2)8)4-7(9)10;1-3-2/h5H,3-4H2,1-2H3,(H,9,10);3H2,1-2H3/t5-;/m1./s1. The summed E-state index contributed by atoms with van der Waals surface area (Å²) in [6.07, 6.45) is 1.70. The summed E-state index contributed by atoms with van der Waals surface area (Å²) < 4.78 is 0. The summed E-state index contributed by atoms with van der Waals surface area (Å²) in [6, 6.07) is 0. The summed E-state index contributed by atoms with van der Waals surface area (Å²) in [5.41, 5.74) is 0. The van der Waals surface area contributed by atoms with E-state index < -0.39 is 5.97 Å². The average Bonchev–Trinajstić information content (AvgIpc) is 1.83. The van der Waals surface area contributed by atoms with Crippen molar-refractivity contribution in [2.24, 2.45) is 5.92 Å². The Morgan fingerprint density at radius 1 is 1.23 bits per heavy atom. The summed E-state index contributed by atoms with van der Waals surface area (Å²) >= 11 is 0. The highest BCUT2D eigenvalue weighted by Gasteiger charge is 2.08. The van der Waals surface area contributed by atoms with Gasteiger partial charge in [0, 0.05) is 12.8 Å². The summed E-state index contributed by atoms with van der Waals surface area (Å²) in [6.45, 7) is 7.48. The SMILES string of the molecule is CC(=O)C[C@@H](C)CC(=O)O.CCC. The van der Waals surface area contributed by atoms with Gasteiger partial charge in [-0.05, 0) is 12.8 Å². The van der Waals surface area contributed by atoms with Gasteiger partial charge in [0.15, 0.2) is 0 Å². The molecule has 3 nitrogen and oxygen atoms in total. The lowest BCUT2D eigenvalue weighted by Gasteiger charge is -2.03. The second kappa shape index (κ2) is 9.23. The Bertz CT molecular complexity index is 136. The third kappa shape index (κ3) is 18.3. The van der Waals surface area contributed by atoms with Crippen molar-refractivity contribution in [3.63, 3.8) is 0 Å². The van der Waals surface area contributed by atoms with Gasteiger partial charge >= 0.3 is 5.97 Å². The Kier molecular flexibility index (Phi) is 10.4. The maximum absolute atomic E-state index is 10.4. The third-order valence-electron chi connectivity index (χ3n) is 1.16. The van der Waals surface area contributed by atoms with Crippen LogP contribution in [-0.2, 0) is 9.59 Å². The van der Waals surface area contributed by atoms with E-state index in [9.17, 15) is 9.59 Å². The molecule has 0 rings (SSSR count). The molecule has 0 amide bonds. The van der Waals surface area contributed by atoms with Crippen LogP contribution in [0, 0.1) is 5.92 Å². The minimum absolute atomic E-state index is 0.0324. The number of ketones is 1. The first-order valence-corrected chi connectivity index (χ1v) is 4.65. The fraction of sp³-hybridized carbons (Fsp3) is 0.800. The van der Waals surface area contributed by atoms with Crippen molar-refractivity contribution in [2.75, 3.05) is 0 Å². The number of hydrogen-bond acceptors (Lipinski definition) is 2. The fourth-order valence-corrected chi connectivity index (χ4v) is 0.861. The fourth-order valence-electron chi connectivity index (χ4n) is 0.861. The molecular weight excluding hydrogens is 168 g/mol. The molecular formula is C10H20O3. The van der Waals surface area contributed by atoms with Crippen LogP contribution in [0.2, 0.25) is 0 Å². The molecule has 1 atom stereocenters. The number of Topliss-reactive ketones (excluding diaryl/α,β-unsaturated/α-hetero) is 1. The first-order valence-electron chi connectivity index (χ1n) is 4.65. The number of carboxylic acids is 1. The maximum Gasteiger partial charge on any atom is 0.303 e. The number of rotatable bonds is 4. The number of carboxylic acid groups (broad SMARTS) is 1. The average molecular weight is 188 g/mol. The van der Waals surface area contributed by atoms with Gasteiger partial charge in [0.05, 0.1) is 0 Å². The van der Waals surface area contributed by atoms with Crippen LogP contribution in [0.1, 0.15) is 47.0 Å². The van der Waals surface area contributed by atoms with E-state index in [2.05, 4.69) is 13.8 Å². The van der Waals surface area contributed by atoms with Crippen LogP contribution in [-0.4, -0.2) is 16.9 Å². The van der Waals surface area contributed by atoms with Gasteiger partial charge in [0.1, 0.15) is 5.78 Å². The molecule has 0 fully saturated rings. The molecule has 0 aliphatic heterocycles. The van der Waals surface area contributed by atoms with E-state index in [0.717, 1.165) is 0 Å². The molecule has 3 heteroatoms. The maximum atomic E-state index is 10.4. The molecule has 0 saturated carbocycles. The molecule has 0 bridgehead atoms. The molecule has 0 saturated heterocycles. The molecule has 0 radical (unpaired) electrons. The van der Waals surface area contributed by atoms with Gasteiger partial charge in [-0.2, -0.15) is 0 Å². The van der Waals surface area contributed by atoms with Crippen molar-refractivity contribution in [2.45, 2.75) is 47.0 Å². The van der Waals surface area contributed by atoms with Crippen molar-refractivity contribution in [3.05, 3.63) is 0 Å². The van der Waals surface area contributed by atoms with E-state index in [1.54, 1.807) is 6.92 Å². The number of hydrogen-bond donors (Lipinski definition) is 1. The predicted octanol–water partition coefficient (Wildman–Crippen LogP) is 2.49. The number of aliphatic carboxylic acids is 1. The minimum Gasteiger partial charge on any atom is -0.481 e. The van der Waals surface area contributed by atoms with Crippen molar-refractivity contribution in [3.8, 4) is 0 Å². The largest absolute Gasteiger partial charge is 0.481 e. The summed E-state index contributed by atoms with van der Waals surface area (Å²) in [5.74, 6) is -0.822. The molecule has 13 heavy (non-hydrogen) atoms. The lowest BCUT2D eigenvalue weighted by atomic mass is 10.0. The zero-order valence-electron chi connectivity index (χ0n) is 8.96. The number of carbonyl (C=O) groups excluding carboxylic acids is 1. The molecule has 0 spiro atoms. The van der Waals surface area contributed by atoms with Gasteiger partial charge in [-0.15, -0.1) is 0 Å². The minimum atomic E-state index is -0.839. The van der Waals surface area contributed by atoms with Crippen LogP contribution >= 0.6 is 0 Å². The summed E-state index contributed by atoms with van der Waals surface area (Å²) in [4.78, 5) is 20.5. The second-order valence-electron chi connectivity index (χ2n) is 3.32. The van der Waals surface area contributed by atoms with E-state index >= 15 is 0 Å². The van der Waals surface area contributed by atoms with Gasteiger partial charge in [0.25, 0.3) is 0 Å². The predicted molar refractivity (Wildman–Crippen MR) is 52.7 cm³/mol. The zero-order chi connectivity index (χ0) is 10.9. The third-order valence-corrected chi connectivity index (χ3v) is 1.16. The summed E-state index contributed by atoms with van der Waals surface area (Å²) in [7, 11) is 0. The topological polar surface area (TPSA) is 54.4 Å². The highest BCUT2D eigenvalue weighted by Crippen LogP contribution is 2.06. The van der Waals surface area contributed by atoms with Crippen LogP contribution < -0.4 is 0 Å². The van der Waals surface area contributed by atoms with Crippen molar-refractivity contribution < 1.29 is 14.7 Å². The van der Waals surface area contributed by atoms with Gasteiger partial charge < -0.3 is 9.90 Å². The lowest BCUT2D eigenvalue weighted by Crippen LogP contribution is -2.07. The smallest absolute Gasteiger partial charge is 0.303 e. The Morgan fingerprint density at radius 2 is 1.62 bits per heavy atom. The van der Waals surface area contributed by atoms with Crippen LogP contribution in [0.4, 0.5) is 0 Å². The van der Waals surface area contributed by atoms with Crippen LogP contribution in [0.3, 0.4) is 0 Å².